The van der Waals surface area contributed by atoms with Gasteiger partial charge in [0, 0.05) is 6.42 Å². The zero-order valence-electron chi connectivity index (χ0n) is 10.4. The van der Waals surface area contributed by atoms with Crippen LogP contribution in [0, 0.1) is 0 Å². The van der Waals surface area contributed by atoms with Crippen molar-refractivity contribution < 1.29 is 28.3 Å². The minimum Gasteiger partial charge on any atom is -0.389 e. The summed E-state index contributed by atoms with van der Waals surface area (Å²) in [6.45, 7) is 6.46. The van der Waals surface area contributed by atoms with E-state index in [0.29, 0.717) is 0 Å². The third kappa shape index (κ3) is 4.64. The van der Waals surface area contributed by atoms with Gasteiger partial charge in [-0.1, -0.05) is 6.08 Å². The van der Waals surface area contributed by atoms with Gasteiger partial charge in [-0.05, 0) is 13.8 Å². The van der Waals surface area contributed by atoms with E-state index in [4.69, 9.17) is 14.6 Å². The highest BCUT2D eigenvalue weighted by molar-refractivity contribution is 7.74. The topological polar surface area (TPSA) is 109 Å². The van der Waals surface area contributed by atoms with E-state index in [2.05, 4.69) is 11.4 Å². The zero-order valence-corrected chi connectivity index (χ0v) is 11.3. The average molecular weight is 276 g/mol. The van der Waals surface area contributed by atoms with E-state index in [9.17, 15) is 14.5 Å². The van der Waals surface area contributed by atoms with E-state index in [1.54, 1.807) is 13.8 Å². The predicted octanol–water partition coefficient (Wildman–Crippen LogP) is 1.39. The standard InChI is InChI=1S/C10H17N2O5P/c1-4-8(13)7-9(14)10(12-11)18(15,16-5-2)17-6-3/h4,8,13H,1,5-7H2,2-3H3. The van der Waals surface area contributed by atoms with Crippen molar-refractivity contribution in [3.8, 4) is 0 Å². The number of ketones is 1. The van der Waals surface area contributed by atoms with Gasteiger partial charge in [0.05, 0.1) is 19.3 Å². The molecule has 0 aromatic carbocycles. The second kappa shape index (κ2) is 8.08. The summed E-state index contributed by atoms with van der Waals surface area (Å²) >= 11 is 0. The first-order valence-electron chi connectivity index (χ1n) is 5.40. The molecule has 1 atom stereocenters. The van der Waals surface area contributed by atoms with Crippen molar-refractivity contribution in [1.82, 2.24) is 0 Å². The molecule has 0 aliphatic heterocycles. The van der Waals surface area contributed by atoms with Crippen LogP contribution in [-0.4, -0.2) is 40.5 Å². The number of nitrogens with zero attached hydrogens (tertiary/aromatic N) is 2. The molecular weight excluding hydrogens is 259 g/mol. The number of hydrogen-bond acceptors (Lipinski definition) is 5. The SMILES string of the molecule is C=CC(O)CC(=O)C(=[N+]=[N-])P(=O)(OCC)OCC. The van der Waals surface area contributed by atoms with Crippen LogP contribution in [0.15, 0.2) is 12.7 Å². The Labute approximate surface area is 106 Å². The molecule has 0 fully saturated rings. The molecule has 0 rings (SSSR count). The lowest BCUT2D eigenvalue weighted by Gasteiger charge is -2.12. The molecule has 0 saturated carbocycles. The van der Waals surface area contributed by atoms with Gasteiger partial charge in [-0.25, -0.2) is 4.57 Å². The molecule has 0 aromatic rings. The third-order valence-electron chi connectivity index (χ3n) is 1.87. The maximum Gasteiger partial charge on any atom is 0.446 e. The molecule has 1 N–H and O–H groups in total. The number of aliphatic hydroxyl groups excluding tert-OH is 1. The van der Waals surface area contributed by atoms with Crippen LogP contribution in [0.4, 0.5) is 0 Å². The normalized spacial score (nSPS) is 12.6. The second-order valence-electron chi connectivity index (χ2n) is 3.19. The highest BCUT2D eigenvalue weighted by atomic mass is 31.2. The fourth-order valence-corrected chi connectivity index (χ4v) is 2.63. The number of aliphatic hydroxyl groups is 1. The number of carbonyl (C=O) groups excluding carboxylic acids is 1. The summed E-state index contributed by atoms with van der Waals surface area (Å²) in [6, 6.07) is 0. The lowest BCUT2D eigenvalue weighted by atomic mass is 10.2. The summed E-state index contributed by atoms with van der Waals surface area (Å²) in [7, 11) is -3.95. The first-order chi connectivity index (χ1) is 8.45. The van der Waals surface area contributed by atoms with Crippen LogP contribution in [0.3, 0.4) is 0 Å². The van der Waals surface area contributed by atoms with Gasteiger partial charge in [-0.3, -0.25) is 4.79 Å². The first-order valence-corrected chi connectivity index (χ1v) is 6.94. The van der Waals surface area contributed by atoms with Crippen LogP contribution >= 0.6 is 7.60 Å². The Morgan fingerprint density at radius 2 is 2.00 bits per heavy atom. The number of hydrogen-bond donors (Lipinski definition) is 1. The summed E-state index contributed by atoms with van der Waals surface area (Å²) in [4.78, 5) is 14.4. The molecule has 0 aromatic heterocycles. The van der Waals surface area contributed by atoms with Crippen molar-refractivity contribution >= 4 is 18.8 Å². The van der Waals surface area contributed by atoms with Gasteiger partial charge >= 0.3 is 13.0 Å². The molecule has 7 nitrogen and oxygen atoms in total. The molecule has 0 aliphatic rings. The van der Waals surface area contributed by atoms with Gasteiger partial charge in [0.25, 0.3) is 5.78 Å². The molecule has 0 heterocycles. The number of Topliss-reactive ketones (excluding diaryl/α,β-unsaturated/α-hetero) is 1. The molecule has 0 radical (unpaired) electrons. The lowest BCUT2D eigenvalue weighted by molar-refractivity contribution is -0.118. The Bertz CT molecular complexity index is 393. The van der Waals surface area contributed by atoms with Gasteiger partial charge in [0.1, 0.15) is 0 Å². The van der Waals surface area contributed by atoms with Crippen LogP contribution in [0.25, 0.3) is 5.53 Å². The fraction of sp³-hybridized carbons (Fsp3) is 0.600. The first kappa shape index (κ1) is 16.9. The van der Waals surface area contributed by atoms with E-state index in [-0.39, 0.29) is 13.2 Å². The average Bonchev–Trinajstić information content (AvgIpc) is 2.30. The van der Waals surface area contributed by atoms with Gasteiger partial charge < -0.3 is 19.7 Å². The fourth-order valence-electron chi connectivity index (χ4n) is 1.13. The van der Waals surface area contributed by atoms with Crippen LogP contribution in [0.2, 0.25) is 0 Å². The van der Waals surface area contributed by atoms with Crippen molar-refractivity contribution in [2.75, 3.05) is 13.2 Å². The van der Waals surface area contributed by atoms with Crippen LogP contribution < -0.4 is 0 Å². The maximum absolute atomic E-state index is 12.2. The van der Waals surface area contributed by atoms with Crippen LogP contribution in [0.1, 0.15) is 20.3 Å². The number of rotatable bonds is 9. The summed E-state index contributed by atoms with van der Waals surface area (Å²) < 4.78 is 21.9. The van der Waals surface area contributed by atoms with E-state index < -0.39 is 31.4 Å². The molecule has 8 heteroatoms. The second-order valence-corrected chi connectivity index (χ2v) is 5.12. The predicted molar refractivity (Wildman–Crippen MR) is 65.3 cm³/mol. The zero-order chi connectivity index (χ0) is 14.2. The number of carbonyl (C=O) groups is 1. The van der Waals surface area contributed by atoms with Crippen molar-refractivity contribution in [2.45, 2.75) is 26.4 Å². The lowest BCUT2D eigenvalue weighted by Crippen LogP contribution is -2.22. The molecule has 0 spiro atoms. The summed E-state index contributed by atoms with van der Waals surface area (Å²) in [5.41, 5.74) is 8.08. The van der Waals surface area contributed by atoms with Crippen molar-refractivity contribution in [3.63, 3.8) is 0 Å². The molecule has 0 amide bonds. The molecule has 0 aliphatic carbocycles. The van der Waals surface area contributed by atoms with Gasteiger partial charge in [-0.15, -0.1) is 6.58 Å². The van der Waals surface area contributed by atoms with Gasteiger partial charge in [0.2, 0.25) is 0 Å². The highest BCUT2D eigenvalue weighted by Crippen LogP contribution is 2.49. The summed E-state index contributed by atoms with van der Waals surface area (Å²) in [5, 5.41) is 9.25. The minimum absolute atomic E-state index is 0.0214. The Balaban J connectivity index is 5.16. The van der Waals surface area contributed by atoms with Crippen LogP contribution in [-0.2, 0) is 18.4 Å². The Morgan fingerprint density at radius 1 is 1.50 bits per heavy atom. The van der Waals surface area contributed by atoms with Crippen molar-refractivity contribution in [2.24, 2.45) is 0 Å². The largest absolute Gasteiger partial charge is 0.446 e. The molecule has 0 saturated heterocycles. The van der Waals surface area contributed by atoms with Crippen LogP contribution in [0.5, 0.6) is 0 Å². The molecule has 102 valence electrons. The Morgan fingerprint density at radius 3 is 2.33 bits per heavy atom. The highest BCUT2D eigenvalue weighted by Gasteiger charge is 2.45. The monoisotopic (exact) mass is 276 g/mol. The molecule has 18 heavy (non-hydrogen) atoms. The quantitative estimate of drug-likeness (QED) is 0.225. The Kier molecular flexibility index (Phi) is 7.59. The minimum atomic E-state index is -3.95. The van der Waals surface area contributed by atoms with Crippen molar-refractivity contribution in [1.29, 1.82) is 0 Å². The van der Waals surface area contributed by atoms with E-state index in [1.807, 2.05) is 0 Å². The van der Waals surface area contributed by atoms with E-state index in [1.165, 1.54) is 0 Å². The van der Waals surface area contributed by atoms with Gasteiger partial charge in [-0.2, -0.15) is 4.79 Å². The summed E-state index contributed by atoms with van der Waals surface area (Å²) in [5.74, 6) is -0.824. The smallest absolute Gasteiger partial charge is 0.389 e. The molecule has 0 bridgehead atoms. The maximum atomic E-state index is 12.2. The third-order valence-corrected chi connectivity index (χ3v) is 3.92. The molecule has 1 unspecified atom stereocenters. The summed E-state index contributed by atoms with van der Waals surface area (Å²) in [6.07, 6.45) is -0.391. The Hall–Kier alpha value is -1.10. The van der Waals surface area contributed by atoms with E-state index in [0.717, 1.165) is 6.08 Å². The van der Waals surface area contributed by atoms with Crippen molar-refractivity contribution in [3.05, 3.63) is 18.2 Å². The van der Waals surface area contributed by atoms with E-state index >= 15 is 0 Å². The van der Waals surface area contributed by atoms with Gasteiger partial charge in [0.15, 0.2) is 0 Å². The molecular formula is C10H17N2O5P.